The molecule has 2 heteroatoms. The summed E-state index contributed by atoms with van der Waals surface area (Å²) in [6.45, 7) is 8.72. The van der Waals surface area contributed by atoms with Gasteiger partial charge in [0.15, 0.2) is 0 Å². The summed E-state index contributed by atoms with van der Waals surface area (Å²) in [5.74, 6) is 0.706. The lowest BCUT2D eigenvalue weighted by atomic mass is 10.00. The Labute approximate surface area is 75.6 Å². The Morgan fingerprint density at radius 3 is 2.67 bits per heavy atom. The van der Waals surface area contributed by atoms with Gasteiger partial charge < -0.3 is 5.11 Å². The Bertz CT molecular complexity index is 134. The van der Waals surface area contributed by atoms with E-state index in [1.165, 1.54) is 0 Å². The van der Waals surface area contributed by atoms with Gasteiger partial charge in [0.1, 0.15) is 0 Å². The van der Waals surface area contributed by atoms with Crippen molar-refractivity contribution in [3.05, 3.63) is 0 Å². The third kappa shape index (κ3) is 2.76. The van der Waals surface area contributed by atoms with Gasteiger partial charge in [-0.2, -0.15) is 0 Å². The van der Waals surface area contributed by atoms with Crippen LogP contribution < -0.4 is 0 Å². The predicted octanol–water partition coefficient (Wildman–Crippen LogP) is 1.49. The maximum Gasteiger partial charge on any atom is 0.0667 e. The molecule has 1 N–H and O–H groups in total. The van der Waals surface area contributed by atoms with Crippen molar-refractivity contribution >= 4 is 0 Å². The molecule has 1 aliphatic heterocycles. The molecule has 2 atom stereocenters. The minimum atomic E-state index is -0.0834. The van der Waals surface area contributed by atoms with E-state index in [9.17, 15) is 5.11 Å². The smallest absolute Gasteiger partial charge is 0.0667 e. The zero-order valence-corrected chi connectivity index (χ0v) is 8.45. The van der Waals surface area contributed by atoms with Crippen molar-refractivity contribution in [2.24, 2.45) is 5.92 Å². The lowest BCUT2D eigenvalue weighted by Gasteiger charge is -2.36. The standard InChI is InChI=1S/C10H21NO/c1-8(2)6-11-7-10(12)5-4-9(11)3/h8-10,12H,4-7H2,1-3H3/t9-,10-/m1/s1. The van der Waals surface area contributed by atoms with E-state index in [0.717, 1.165) is 25.9 Å². The van der Waals surface area contributed by atoms with Gasteiger partial charge in [-0.15, -0.1) is 0 Å². The lowest BCUT2D eigenvalue weighted by molar-refractivity contribution is 0.0348. The van der Waals surface area contributed by atoms with Crippen LogP contribution in [-0.4, -0.2) is 35.2 Å². The number of nitrogens with zero attached hydrogens (tertiary/aromatic N) is 1. The molecule has 0 amide bonds. The SMILES string of the molecule is CC(C)CN1C[C@H](O)CC[C@H]1C. The first-order valence-corrected chi connectivity index (χ1v) is 5.01. The monoisotopic (exact) mass is 171 g/mol. The molecular formula is C10H21NO. The van der Waals surface area contributed by atoms with Gasteiger partial charge in [0.2, 0.25) is 0 Å². The number of likely N-dealkylation sites (tertiary alicyclic amines) is 1. The molecular weight excluding hydrogens is 150 g/mol. The van der Waals surface area contributed by atoms with Gasteiger partial charge in [0.25, 0.3) is 0 Å². The highest BCUT2D eigenvalue weighted by Crippen LogP contribution is 2.17. The van der Waals surface area contributed by atoms with E-state index in [1.807, 2.05) is 0 Å². The maximum atomic E-state index is 9.47. The van der Waals surface area contributed by atoms with Gasteiger partial charge in [-0.1, -0.05) is 13.8 Å². The first kappa shape index (κ1) is 10.0. The summed E-state index contributed by atoms with van der Waals surface area (Å²) >= 11 is 0. The summed E-state index contributed by atoms with van der Waals surface area (Å²) in [6, 6.07) is 0.663. The van der Waals surface area contributed by atoms with Crippen LogP contribution in [0.5, 0.6) is 0 Å². The minimum Gasteiger partial charge on any atom is -0.392 e. The zero-order chi connectivity index (χ0) is 9.14. The van der Waals surface area contributed by atoms with E-state index in [-0.39, 0.29) is 6.10 Å². The lowest BCUT2D eigenvalue weighted by Crippen LogP contribution is -2.45. The van der Waals surface area contributed by atoms with Crippen LogP contribution in [0.25, 0.3) is 0 Å². The summed E-state index contributed by atoms with van der Waals surface area (Å²) < 4.78 is 0. The van der Waals surface area contributed by atoms with Crippen LogP contribution in [0.15, 0.2) is 0 Å². The average Bonchev–Trinajstić information content (AvgIpc) is 1.96. The second-order valence-electron chi connectivity index (χ2n) is 4.43. The fourth-order valence-electron chi connectivity index (χ4n) is 1.88. The highest BCUT2D eigenvalue weighted by molar-refractivity contribution is 4.78. The molecule has 0 saturated carbocycles. The van der Waals surface area contributed by atoms with Gasteiger partial charge in [0.05, 0.1) is 6.10 Å². The van der Waals surface area contributed by atoms with Crippen molar-refractivity contribution in [1.82, 2.24) is 4.90 Å². The molecule has 0 radical (unpaired) electrons. The van der Waals surface area contributed by atoms with Crippen LogP contribution in [0.1, 0.15) is 33.6 Å². The van der Waals surface area contributed by atoms with Gasteiger partial charge in [-0.25, -0.2) is 0 Å². The molecule has 12 heavy (non-hydrogen) atoms. The van der Waals surface area contributed by atoms with Crippen LogP contribution in [0, 0.1) is 5.92 Å². The first-order valence-electron chi connectivity index (χ1n) is 5.01. The molecule has 1 aliphatic rings. The number of β-amino-alcohol motifs (C(OH)–C–C–N with tert-alkyl or cyclic N) is 1. The van der Waals surface area contributed by atoms with Crippen molar-refractivity contribution in [3.63, 3.8) is 0 Å². The van der Waals surface area contributed by atoms with E-state index in [1.54, 1.807) is 0 Å². The van der Waals surface area contributed by atoms with Crippen molar-refractivity contribution < 1.29 is 5.11 Å². The third-order valence-electron chi connectivity index (χ3n) is 2.59. The summed E-state index contributed by atoms with van der Waals surface area (Å²) in [5.41, 5.74) is 0. The minimum absolute atomic E-state index is 0.0834. The summed E-state index contributed by atoms with van der Waals surface area (Å²) in [5, 5.41) is 9.47. The highest BCUT2D eigenvalue weighted by atomic mass is 16.3. The number of aliphatic hydroxyl groups excluding tert-OH is 1. The molecule has 0 aliphatic carbocycles. The van der Waals surface area contributed by atoms with Crippen LogP contribution >= 0.6 is 0 Å². The number of aliphatic hydroxyl groups is 1. The van der Waals surface area contributed by atoms with E-state index >= 15 is 0 Å². The van der Waals surface area contributed by atoms with E-state index < -0.39 is 0 Å². The molecule has 0 aromatic carbocycles. The van der Waals surface area contributed by atoms with Crippen molar-refractivity contribution in [3.8, 4) is 0 Å². The highest BCUT2D eigenvalue weighted by Gasteiger charge is 2.23. The number of hydrogen-bond donors (Lipinski definition) is 1. The Kier molecular flexibility index (Phi) is 3.53. The molecule has 0 aromatic heterocycles. The summed E-state index contributed by atoms with van der Waals surface area (Å²) in [4.78, 5) is 2.40. The Hall–Kier alpha value is -0.0800. The van der Waals surface area contributed by atoms with E-state index in [0.29, 0.717) is 12.0 Å². The van der Waals surface area contributed by atoms with Crippen molar-refractivity contribution in [2.45, 2.75) is 45.8 Å². The molecule has 0 aromatic rings. The largest absolute Gasteiger partial charge is 0.392 e. The van der Waals surface area contributed by atoms with Crippen molar-refractivity contribution in [2.75, 3.05) is 13.1 Å². The van der Waals surface area contributed by atoms with Gasteiger partial charge in [-0.3, -0.25) is 4.90 Å². The molecule has 0 unspecified atom stereocenters. The average molecular weight is 171 g/mol. The zero-order valence-electron chi connectivity index (χ0n) is 8.45. The molecule has 2 nitrogen and oxygen atoms in total. The van der Waals surface area contributed by atoms with Crippen molar-refractivity contribution in [1.29, 1.82) is 0 Å². The molecule has 72 valence electrons. The Morgan fingerprint density at radius 1 is 1.42 bits per heavy atom. The third-order valence-corrected chi connectivity index (χ3v) is 2.59. The van der Waals surface area contributed by atoms with Crippen LogP contribution in [0.4, 0.5) is 0 Å². The molecule has 1 rings (SSSR count). The van der Waals surface area contributed by atoms with Gasteiger partial charge >= 0.3 is 0 Å². The Morgan fingerprint density at radius 2 is 2.08 bits per heavy atom. The fraction of sp³-hybridized carbons (Fsp3) is 1.00. The van der Waals surface area contributed by atoms with Gasteiger partial charge in [-0.05, 0) is 25.7 Å². The maximum absolute atomic E-state index is 9.47. The second-order valence-corrected chi connectivity index (χ2v) is 4.43. The molecule has 0 bridgehead atoms. The first-order chi connectivity index (χ1) is 5.59. The Balaban J connectivity index is 2.38. The number of rotatable bonds is 2. The number of hydrogen-bond acceptors (Lipinski definition) is 2. The van der Waals surface area contributed by atoms with Gasteiger partial charge in [0, 0.05) is 19.1 Å². The number of piperidine rings is 1. The quantitative estimate of drug-likeness (QED) is 0.680. The molecule has 1 saturated heterocycles. The van der Waals surface area contributed by atoms with Crippen LogP contribution in [-0.2, 0) is 0 Å². The molecule has 1 heterocycles. The van der Waals surface area contributed by atoms with E-state index in [2.05, 4.69) is 25.7 Å². The predicted molar refractivity (Wildman–Crippen MR) is 51.1 cm³/mol. The molecule has 1 fully saturated rings. The van der Waals surface area contributed by atoms with Crippen LogP contribution in [0.3, 0.4) is 0 Å². The summed E-state index contributed by atoms with van der Waals surface area (Å²) in [6.07, 6.45) is 2.05. The second kappa shape index (κ2) is 4.24. The topological polar surface area (TPSA) is 23.5 Å². The van der Waals surface area contributed by atoms with Crippen LogP contribution in [0.2, 0.25) is 0 Å². The summed E-state index contributed by atoms with van der Waals surface area (Å²) in [7, 11) is 0. The molecule has 0 spiro atoms. The normalized spacial score (nSPS) is 32.8. The van der Waals surface area contributed by atoms with E-state index in [4.69, 9.17) is 0 Å². The fourth-order valence-corrected chi connectivity index (χ4v) is 1.88.